The lowest BCUT2D eigenvalue weighted by atomic mass is 10.1. The van der Waals surface area contributed by atoms with Gasteiger partial charge in [-0.15, -0.1) is 11.3 Å². The van der Waals surface area contributed by atoms with Crippen LogP contribution in [0.3, 0.4) is 0 Å². The number of halogens is 2. The van der Waals surface area contributed by atoms with E-state index in [0.717, 1.165) is 10.9 Å². The summed E-state index contributed by atoms with van der Waals surface area (Å²) in [6, 6.07) is 3.23. The van der Waals surface area contributed by atoms with Gasteiger partial charge in [-0.25, -0.2) is 8.78 Å². The van der Waals surface area contributed by atoms with Crippen molar-refractivity contribution >= 4 is 11.3 Å². The van der Waals surface area contributed by atoms with Gasteiger partial charge in [0.15, 0.2) is 0 Å². The van der Waals surface area contributed by atoms with Crippen molar-refractivity contribution in [1.29, 1.82) is 0 Å². The highest BCUT2D eigenvalue weighted by Gasteiger charge is 2.12. The zero-order valence-electron chi connectivity index (χ0n) is 8.36. The third-order valence-electron chi connectivity index (χ3n) is 2.27. The molecule has 0 aliphatic heterocycles. The van der Waals surface area contributed by atoms with Crippen LogP contribution in [0.2, 0.25) is 0 Å². The first-order valence-corrected chi connectivity index (χ1v) is 5.62. The van der Waals surface area contributed by atoms with Crippen LogP contribution in [0, 0.1) is 11.6 Å². The molecule has 0 amide bonds. The summed E-state index contributed by atoms with van der Waals surface area (Å²) in [6.07, 6.45) is 2.01. The average Bonchev–Trinajstić information content (AvgIpc) is 2.75. The number of hydrogen-bond acceptors (Lipinski definition) is 3. The van der Waals surface area contributed by atoms with Gasteiger partial charge in [-0.05, 0) is 18.1 Å². The maximum absolute atomic E-state index is 13.3. The van der Waals surface area contributed by atoms with Gasteiger partial charge in [0.25, 0.3) is 0 Å². The Morgan fingerprint density at radius 2 is 2.19 bits per heavy atom. The maximum Gasteiger partial charge on any atom is 0.129 e. The highest BCUT2D eigenvalue weighted by molar-refractivity contribution is 7.09. The fourth-order valence-electron chi connectivity index (χ4n) is 1.43. The van der Waals surface area contributed by atoms with Crippen LogP contribution in [0.5, 0.6) is 0 Å². The standard InChI is InChI=1S/C11H10F2N2S/c12-8-2-1-7(9(13)4-8)3-10(14)11-5-15-6-16-11/h1-2,4-6,10H,3,14H2. The molecule has 0 aliphatic carbocycles. The van der Waals surface area contributed by atoms with E-state index in [0.29, 0.717) is 12.0 Å². The minimum absolute atomic E-state index is 0.299. The number of aromatic nitrogens is 1. The molecule has 0 radical (unpaired) electrons. The molecule has 2 rings (SSSR count). The molecule has 0 saturated heterocycles. The predicted molar refractivity (Wildman–Crippen MR) is 59.1 cm³/mol. The second-order valence-corrected chi connectivity index (χ2v) is 4.37. The molecule has 0 saturated carbocycles. The molecule has 16 heavy (non-hydrogen) atoms. The van der Waals surface area contributed by atoms with E-state index in [-0.39, 0.29) is 6.04 Å². The largest absolute Gasteiger partial charge is 0.323 e. The fraction of sp³-hybridized carbons (Fsp3) is 0.182. The molecule has 2 N–H and O–H groups in total. The lowest BCUT2D eigenvalue weighted by molar-refractivity contribution is 0.564. The van der Waals surface area contributed by atoms with Crippen molar-refractivity contribution in [2.75, 3.05) is 0 Å². The first-order valence-electron chi connectivity index (χ1n) is 4.74. The Hall–Kier alpha value is -1.33. The number of thiazole rings is 1. The first kappa shape index (κ1) is 11.2. The number of hydrogen-bond donors (Lipinski definition) is 1. The highest BCUT2D eigenvalue weighted by Crippen LogP contribution is 2.21. The molecule has 0 bridgehead atoms. The molecule has 2 nitrogen and oxygen atoms in total. The lowest BCUT2D eigenvalue weighted by Crippen LogP contribution is -2.12. The molecule has 0 fully saturated rings. The summed E-state index contributed by atoms with van der Waals surface area (Å²) < 4.78 is 26.0. The van der Waals surface area contributed by atoms with Crippen molar-refractivity contribution in [3.63, 3.8) is 0 Å². The number of rotatable bonds is 3. The van der Waals surface area contributed by atoms with Crippen molar-refractivity contribution in [3.8, 4) is 0 Å². The summed E-state index contributed by atoms with van der Waals surface area (Å²) in [5.41, 5.74) is 7.98. The van der Waals surface area contributed by atoms with E-state index in [2.05, 4.69) is 4.98 Å². The van der Waals surface area contributed by atoms with Crippen molar-refractivity contribution in [2.24, 2.45) is 5.73 Å². The van der Waals surface area contributed by atoms with Crippen molar-refractivity contribution in [3.05, 3.63) is 52.0 Å². The minimum Gasteiger partial charge on any atom is -0.323 e. The van der Waals surface area contributed by atoms with Crippen LogP contribution in [0.1, 0.15) is 16.5 Å². The van der Waals surface area contributed by atoms with Gasteiger partial charge < -0.3 is 5.73 Å². The smallest absolute Gasteiger partial charge is 0.129 e. The molecule has 1 unspecified atom stereocenters. The molecule has 1 aromatic heterocycles. The Labute approximate surface area is 95.7 Å². The van der Waals surface area contributed by atoms with Gasteiger partial charge in [-0.2, -0.15) is 0 Å². The molecular formula is C11H10F2N2S. The molecule has 1 atom stereocenters. The predicted octanol–water partition coefficient (Wildman–Crippen LogP) is 2.66. The Morgan fingerprint density at radius 3 is 2.81 bits per heavy atom. The highest BCUT2D eigenvalue weighted by atomic mass is 32.1. The molecule has 5 heteroatoms. The molecule has 84 valence electrons. The molecule has 1 aromatic carbocycles. The second kappa shape index (κ2) is 4.67. The molecular weight excluding hydrogens is 230 g/mol. The Balaban J connectivity index is 2.15. The van der Waals surface area contributed by atoms with E-state index in [4.69, 9.17) is 5.73 Å². The van der Waals surface area contributed by atoms with E-state index in [1.54, 1.807) is 11.7 Å². The third-order valence-corrected chi connectivity index (χ3v) is 3.18. The van der Waals surface area contributed by atoms with Gasteiger partial charge in [0, 0.05) is 23.2 Å². The molecule has 0 spiro atoms. The zero-order valence-corrected chi connectivity index (χ0v) is 9.18. The third kappa shape index (κ3) is 2.43. The van der Waals surface area contributed by atoms with E-state index >= 15 is 0 Å². The topological polar surface area (TPSA) is 38.9 Å². The monoisotopic (exact) mass is 240 g/mol. The molecule has 2 aromatic rings. The minimum atomic E-state index is -0.576. The van der Waals surface area contributed by atoms with Crippen LogP contribution in [0.25, 0.3) is 0 Å². The average molecular weight is 240 g/mol. The Morgan fingerprint density at radius 1 is 1.38 bits per heavy atom. The van der Waals surface area contributed by atoms with Crippen molar-refractivity contribution in [1.82, 2.24) is 4.98 Å². The van der Waals surface area contributed by atoms with E-state index in [1.165, 1.54) is 23.5 Å². The quantitative estimate of drug-likeness (QED) is 0.895. The van der Waals surface area contributed by atoms with Crippen LogP contribution in [-0.4, -0.2) is 4.98 Å². The SMILES string of the molecule is NC(Cc1ccc(F)cc1F)c1cncs1. The number of nitrogens with zero attached hydrogens (tertiary/aromatic N) is 1. The maximum atomic E-state index is 13.3. The van der Waals surface area contributed by atoms with Crippen LogP contribution < -0.4 is 5.73 Å². The van der Waals surface area contributed by atoms with Crippen molar-refractivity contribution in [2.45, 2.75) is 12.5 Å². The Bertz CT molecular complexity index is 471. The van der Waals surface area contributed by atoms with Crippen LogP contribution >= 0.6 is 11.3 Å². The first-order chi connectivity index (χ1) is 7.66. The van der Waals surface area contributed by atoms with Gasteiger partial charge >= 0.3 is 0 Å². The number of nitrogens with two attached hydrogens (primary N) is 1. The Kier molecular flexibility index (Phi) is 3.26. The van der Waals surface area contributed by atoms with Gasteiger partial charge in [0.05, 0.1) is 5.51 Å². The van der Waals surface area contributed by atoms with Gasteiger partial charge in [0.2, 0.25) is 0 Å². The fourth-order valence-corrected chi connectivity index (χ4v) is 2.06. The van der Waals surface area contributed by atoms with Crippen LogP contribution in [0.15, 0.2) is 29.9 Å². The lowest BCUT2D eigenvalue weighted by Gasteiger charge is -2.09. The number of benzene rings is 1. The summed E-state index contributed by atoms with van der Waals surface area (Å²) in [7, 11) is 0. The summed E-state index contributed by atoms with van der Waals surface area (Å²) in [6.45, 7) is 0. The normalized spacial score (nSPS) is 12.7. The van der Waals surface area contributed by atoms with Crippen LogP contribution in [-0.2, 0) is 6.42 Å². The van der Waals surface area contributed by atoms with Gasteiger partial charge in [-0.1, -0.05) is 6.07 Å². The zero-order chi connectivity index (χ0) is 11.5. The summed E-state index contributed by atoms with van der Waals surface area (Å²) >= 11 is 1.43. The van der Waals surface area contributed by atoms with Crippen molar-refractivity contribution < 1.29 is 8.78 Å². The summed E-state index contributed by atoms with van der Waals surface area (Å²) in [4.78, 5) is 4.80. The summed E-state index contributed by atoms with van der Waals surface area (Å²) in [5, 5.41) is 0. The summed E-state index contributed by atoms with van der Waals surface area (Å²) in [5.74, 6) is -1.13. The van der Waals surface area contributed by atoms with Gasteiger partial charge in [0.1, 0.15) is 11.6 Å². The van der Waals surface area contributed by atoms with Crippen LogP contribution in [0.4, 0.5) is 8.78 Å². The molecule has 0 aliphatic rings. The van der Waals surface area contributed by atoms with E-state index in [9.17, 15) is 8.78 Å². The second-order valence-electron chi connectivity index (χ2n) is 3.45. The van der Waals surface area contributed by atoms with E-state index in [1.807, 2.05) is 0 Å². The van der Waals surface area contributed by atoms with E-state index < -0.39 is 11.6 Å². The van der Waals surface area contributed by atoms with Gasteiger partial charge in [-0.3, -0.25) is 4.98 Å². The molecule has 1 heterocycles.